The van der Waals surface area contributed by atoms with E-state index < -0.39 is 17.5 Å². The van der Waals surface area contributed by atoms with Gasteiger partial charge in [0.1, 0.15) is 16.7 Å². The zero-order valence-electron chi connectivity index (χ0n) is 17.5. The number of carbonyl (C=O) groups is 2. The summed E-state index contributed by atoms with van der Waals surface area (Å²) in [6.07, 6.45) is 3.05. The number of rotatable bonds is 4. The first-order chi connectivity index (χ1) is 16.0. The minimum Gasteiger partial charge on any atom is -0.360 e. The Kier molecular flexibility index (Phi) is 5.47. The number of carbonyl (C=O) groups excluding carboxylic acids is 2. The van der Waals surface area contributed by atoms with Crippen molar-refractivity contribution in [2.24, 2.45) is 0 Å². The quantitative estimate of drug-likeness (QED) is 0.209. The fourth-order valence-electron chi connectivity index (χ4n) is 4.09. The van der Waals surface area contributed by atoms with E-state index in [1.165, 1.54) is 28.5 Å². The lowest BCUT2D eigenvalue weighted by Crippen LogP contribution is -2.52. The maximum atomic E-state index is 14.7. The number of nitrogens with one attached hydrogen (secondary N) is 2. The first kappa shape index (κ1) is 21.0. The molecular formula is C24H20FN5O2S. The van der Waals surface area contributed by atoms with Gasteiger partial charge in [-0.25, -0.2) is 9.37 Å². The number of aromatic amines is 1. The minimum atomic E-state index is -0.747. The summed E-state index contributed by atoms with van der Waals surface area (Å²) in [5.74, 6) is -1.59. The van der Waals surface area contributed by atoms with Gasteiger partial charge in [0.05, 0.1) is 11.1 Å². The minimum absolute atomic E-state index is 0.0189. The number of aromatic nitrogens is 2. The second kappa shape index (κ2) is 8.59. The van der Waals surface area contributed by atoms with Gasteiger partial charge in [0, 0.05) is 60.5 Å². The molecule has 1 fully saturated rings. The van der Waals surface area contributed by atoms with Crippen LogP contribution in [0.2, 0.25) is 0 Å². The molecule has 1 amide bonds. The lowest BCUT2D eigenvalue weighted by molar-refractivity contribution is -0.127. The first-order valence-electron chi connectivity index (χ1n) is 10.5. The van der Waals surface area contributed by atoms with Crippen molar-refractivity contribution in [3.05, 3.63) is 77.2 Å². The molecule has 1 aliphatic rings. The average Bonchev–Trinajstić information content (AvgIpc) is 3.55. The lowest BCUT2D eigenvalue weighted by atomic mass is 10.0. The fourth-order valence-corrected chi connectivity index (χ4v) is 4.76. The van der Waals surface area contributed by atoms with E-state index in [1.807, 2.05) is 40.6 Å². The Morgan fingerprint density at radius 1 is 1.03 bits per heavy atom. The van der Waals surface area contributed by atoms with E-state index in [0.29, 0.717) is 48.1 Å². The van der Waals surface area contributed by atoms with Crippen LogP contribution in [-0.2, 0) is 4.79 Å². The number of fused-ring (bicyclic) bond motifs is 1. The summed E-state index contributed by atoms with van der Waals surface area (Å²) in [4.78, 5) is 36.6. The number of piperazine rings is 1. The Hall–Kier alpha value is -3.85. The summed E-state index contributed by atoms with van der Waals surface area (Å²) >= 11 is 1.41. The highest BCUT2D eigenvalue weighted by Gasteiger charge is 2.30. The summed E-state index contributed by atoms with van der Waals surface area (Å²) in [6, 6.07) is 12.3. The Bertz CT molecular complexity index is 1340. The number of nitrogens with zero attached hydrogens (tertiary/aromatic N) is 3. The van der Waals surface area contributed by atoms with Gasteiger partial charge in [-0.15, -0.1) is 11.3 Å². The number of ketones is 1. The van der Waals surface area contributed by atoms with Gasteiger partial charge in [0.15, 0.2) is 0 Å². The van der Waals surface area contributed by atoms with Crippen LogP contribution in [0, 0.1) is 11.2 Å². The number of Topliss-reactive ketones (excluding diaryl/α,β-unsaturated/α-hetero) is 1. The molecule has 2 aromatic heterocycles. The van der Waals surface area contributed by atoms with Crippen molar-refractivity contribution in [2.45, 2.75) is 0 Å². The molecule has 2 aromatic carbocycles. The highest BCUT2D eigenvalue weighted by molar-refractivity contribution is 7.13. The maximum absolute atomic E-state index is 14.7. The predicted molar refractivity (Wildman–Crippen MR) is 125 cm³/mol. The molecule has 0 radical (unpaired) electrons. The molecule has 166 valence electrons. The fraction of sp³-hybridized carbons (Fsp3) is 0.167. The molecule has 5 rings (SSSR count). The van der Waals surface area contributed by atoms with Crippen molar-refractivity contribution in [3.63, 3.8) is 0 Å². The molecular weight excluding hydrogens is 441 g/mol. The zero-order chi connectivity index (χ0) is 22.9. The monoisotopic (exact) mass is 461 g/mol. The summed E-state index contributed by atoms with van der Waals surface area (Å²) in [5.41, 5.74) is 1.95. The van der Waals surface area contributed by atoms with E-state index >= 15 is 0 Å². The smallest absolute Gasteiger partial charge is 0.295 e. The average molecular weight is 462 g/mol. The van der Waals surface area contributed by atoms with E-state index in [2.05, 4.69) is 9.97 Å². The topological polar surface area (TPSA) is 93.1 Å². The van der Waals surface area contributed by atoms with Gasteiger partial charge < -0.3 is 14.8 Å². The van der Waals surface area contributed by atoms with Crippen LogP contribution in [0.25, 0.3) is 21.5 Å². The van der Waals surface area contributed by atoms with E-state index in [4.69, 9.17) is 5.41 Å². The van der Waals surface area contributed by atoms with Crippen LogP contribution in [0.5, 0.6) is 0 Å². The molecule has 0 aliphatic carbocycles. The van der Waals surface area contributed by atoms with Gasteiger partial charge in [0.2, 0.25) is 0 Å². The van der Waals surface area contributed by atoms with E-state index in [1.54, 1.807) is 12.3 Å². The zero-order valence-corrected chi connectivity index (χ0v) is 18.4. The maximum Gasteiger partial charge on any atom is 0.295 e. The molecule has 1 saturated heterocycles. The largest absolute Gasteiger partial charge is 0.360 e. The number of amides is 1. The van der Waals surface area contributed by atoms with Crippen molar-refractivity contribution >= 4 is 39.8 Å². The van der Waals surface area contributed by atoms with Gasteiger partial charge in [-0.1, -0.05) is 30.3 Å². The number of hydrogen-bond donors (Lipinski definition) is 2. The van der Waals surface area contributed by atoms with Crippen LogP contribution in [0.3, 0.4) is 0 Å². The van der Waals surface area contributed by atoms with E-state index in [9.17, 15) is 14.0 Å². The van der Waals surface area contributed by atoms with Gasteiger partial charge >= 0.3 is 0 Å². The first-order valence-corrected chi connectivity index (χ1v) is 11.3. The Morgan fingerprint density at radius 2 is 1.76 bits per heavy atom. The van der Waals surface area contributed by atoms with Crippen LogP contribution in [0.4, 0.5) is 4.39 Å². The molecule has 0 bridgehead atoms. The van der Waals surface area contributed by atoms with Crippen molar-refractivity contribution < 1.29 is 14.0 Å². The van der Waals surface area contributed by atoms with Crippen LogP contribution in [-0.4, -0.2) is 63.5 Å². The van der Waals surface area contributed by atoms with E-state index in [0.717, 1.165) is 5.56 Å². The summed E-state index contributed by atoms with van der Waals surface area (Å²) in [6.45, 7) is 1.52. The Balaban J connectivity index is 1.34. The van der Waals surface area contributed by atoms with Gasteiger partial charge in [0.25, 0.3) is 11.7 Å². The Morgan fingerprint density at radius 3 is 2.45 bits per heavy atom. The molecule has 0 spiro atoms. The van der Waals surface area contributed by atoms with Crippen molar-refractivity contribution in [3.8, 4) is 10.6 Å². The van der Waals surface area contributed by atoms with E-state index in [-0.39, 0.29) is 10.9 Å². The molecule has 1 aliphatic heterocycles. The molecule has 0 saturated carbocycles. The molecule has 7 nitrogen and oxygen atoms in total. The second-order valence-electron chi connectivity index (χ2n) is 7.71. The predicted octanol–water partition coefficient (Wildman–Crippen LogP) is 3.78. The number of H-pyrrole nitrogens is 1. The number of benzene rings is 2. The molecule has 3 heterocycles. The highest BCUT2D eigenvalue weighted by Crippen LogP contribution is 2.33. The van der Waals surface area contributed by atoms with Crippen LogP contribution in [0.15, 0.2) is 60.2 Å². The second-order valence-corrected chi connectivity index (χ2v) is 8.60. The van der Waals surface area contributed by atoms with Crippen molar-refractivity contribution in [2.75, 3.05) is 26.2 Å². The standard InChI is InChI=1S/C24H20FN5O2S/c25-18-7-6-16(23-27-8-13-33-23)20-19(18)17(14-28-20)21(31)24(32)30-11-9-29(10-12-30)22(26)15-4-2-1-3-5-15/h1-8,13-14,26,28H,9-12H2. The highest BCUT2D eigenvalue weighted by atomic mass is 32.1. The molecule has 0 atom stereocenters. The third-order valence-corrected chi connectivity index (χ3v) is 6.62. The number of hydrogen-bond acceptors (Lipinski definition) is 5. The van der Waals surface area contributed by atoms with Crippen LogP contribution >= 0.6 is 11.3 Å². The number of halogens is 1. The molecule has 33 heavy (non-hydrogen) atoms. The summed E-state index contributed by atoms with van der Waals surface area (Å²) in [7, 11) is 0. The number of thiazole rings is 1. The summed E-state index contributed by atoms with van der Waals surface area (Å²) in [5, 5.41) is 11.0. The van der Waals surface area contributed by atoms with Gasteiger partial charge in [-0.05, 0) is 12.1 Å². The SMILES string of the molecule is N=C(c1ccccc1)N1CCN(C(=O)C(=O)c2c[nH]c3c(-c4nccs4)ccc(F)c23)CC1. The lowest BCUT2D eigenvalue weighted by Gasteiger charge is -2.35. The van der Waals surface area contributed by atoms with Gasteiger partial charge in [-0.3, -0.25) is 15.0 Å². The molecule has 2 N–H and O–H groups in total. The molecule has 4 aromatic rings. The van der Waals surface area contributed by atoms with Crippen LogP contribution in [0.1, 0.15) is 15.9 Å². The van der Waals surface area contributed by atoms with Crippen molar-refractivity contribution in [1.82, 2.24) is 19.8 Å². The normalized spacial score (nSPS) is 14.0. The summed E-state index contributed by atoms with van der Waals surface area (Å²) < 4.78 is 14.7. The van der Waals surface area contributed by atoms with Gasteiger partial charge in [-0.2, -0.15) is 0 Å². The Labute approximate surface area is 193 Å². The van der Waals surface area contributed by atoms with Crippen LogP contribution < -0.4 is 0 Å². The third kappa shape index (κ3) is 3.80. The molecule has 9 heteroatoms. The third-order valence-electron chi connectivity index (χ3n) is 5.82. The van der Waals surface area contributed by atoms with Crippen molar-refractivity contribution in [1.29, 1.82) is 5.41 Å². The number of amidine groups is 1. The molecule has 0 unspecified atom stereocenters.